The molecule has 0 saturated heterocycles. The van der Waals surface area contributed by atoms with Crippen molar-refractivity contribution in [3.8, 4) is 0 Å². The fourth-order valence-corrected chi connectivity index (χ4v) is 1.30. The van der Waals surface area contributed by atoms with Crippen LogP contribution >= 0.6 is 0 Å². The summed E-state index contributed by atoms with van der Waals surface area (Å²) < 4.78 is 0. The van der Waals surface area contributed by atoms with E-state index in [0.717, 1.165) is 0 Å². The summed E-state index contributed by atoms with van der Waals surface area (Å²) in [6, 6.07) is 8.10. The topological polar surface area (TPSA) is 204 Å². The Labute approximate surface area is 130 Å². The van der Waals surface area contributed by atoms with Gasteiger partial charge in [0.2, 0.25) is 5.91 Å². The van der Waals surface area contributed by atoms with Crippen LogP contribution in [0.3, 0.4) is 0 Å². The summed E-state index contributed by atoms with van der Waals surface area (Å²) >= 11 is 0. The quantitative estimate of drug-likeness (QED) is 0.292. The lowest BCUT2D eigenvalue weighted by molar-refractivity contribution is -0.165. The maximum absolute atomic E-state index is 10.6. The smallest absolute Gasteiger partial charge is 0.335 e. The van der Waals surface area contributed by atoms with Crippen LogP contribution in [0, 0.1) is 0 Å². The third-order valence-corrected chi connectivity index (χ3v) is 2.62. The minimum absolute atomic E-state index is 0.689. The first-order valence-corrected chi connectivity index (χ1v) is 6.19. The molecule has 0 heterocycles. The maximum Gasteiger partial charge on any atom is 0.335 e. The average molecular weight is 330 g/mol. The van der Waals surface area contributed by atoms with Crippen molar-refractivity contribution in [1.82, 2.24) is 0 Å². The van der Waals surface area contributed by atoms with E-state index in [1.807, 2.05) is 6.07 Å². The molecule has 0 spiro atoms. The number of benzene rings is 1. The first-order valence-electron chi connectivity index (χ1n) is 6.19. The molecular formula is C13H18N2O8. The zero-order chi connectivity index (χ0) is 18.2. The standard InChI is InChI=1S/C9H12N2O2.C4H6O6/c10-7(8(12)9(11)13)6-4-2-1-3-5-6;5-1(3(7)8)2(6)4(9)10/h1-5,7-8,12H,10H2,(H2,11,13);1-2,5-6H,(H,7,8)(H,9,10)/t7-,8+;1-,2-/m00/s1. The van der Waals surface area contributed by atoms with Crippen LogP contribution < -0.4 is 11.5 Å². The predicted octanol–water partition coefficient (Wildman–Crippen LogP) is -2.59. The van der Waals surface area contributed by atoms with Crippen molar-refractivity contribution >= 4 is 17.8 Å². The van der Waals surface area contributed by atoms with Gasteiger partial charge in [0.05, 0.1) is 6.04 Å². The summed E-state index contributed by atoms with van der Waals surface area (Å²) in [5.41, 5.74) is 11.2. The van der Waals surface area contributed by atoms with Crippen LogP contribution in [-0.4, -0.2) is 61.7 Å². The number of nitrogens with two attached hydrogens (primary N) is 2. The van der Waals surface area contributed by atoms with Crippen molar-refractivity contribution in [2.45, 2.75) is 24.4 Å². The molecule has 10 heteroatoms. The number of aliphatic hydroxyl groups excluding tert-OH is 3. The summed E-state index contributed by atoms with van der Waals surface area (Å²) in [5, 5.41) is 41.8. The van der Waals surface area contributed by atoms with Crippen LogP contribution in [0.15, 0.2) is 30.3 Å². The average Bonchev–Trinajstić information content (AvgIpc) is 2.53. The fourth-order valence-electron chi connectivity index (χ4n) is 1.30. The van der Waals surface area contributed by atoms with Crippen LogP contribution in [0.1, 0.15) is 11.6 Å². The van der Waals surface area contributed by atoms with Crippen molar-refractivity contribution in [2.75, 3.05) is 0 Å². The van der Waals surface area contributed by atoms with Crippen LogP contribution in [0.5, 0.6) is 0 Å². The molecule has 0 fully saturated rings. The molecule has 0 bridgehead atoms. The first-order chi connectivity index (χ1) is 10.6. The van der Waals surface area contributed by atoms with Crippen LogP contribution in [0.25, 0.3) is 0 Å². The lowest BCUT2D eigenvalue weighted by atomic mass is 10.0. The Bertz CT molecular complexity index is 518. The second kappa shape index (κ2) is 9.48. The summed E-state index contributed by atoms with van der Waals surface area (Å²) in [5.74, 6) is -4.35. The molecule has 0 saturated carbocycles. The number of hydrogen-bond donors (Lipinski definition) is 7. The molecular weight excluding hydrogens is 312 g/mol. The zero-order valence-electron chi connectivity index (χ0n) is 11.8. The Morgan fingerprint density at radius 1 is 0.826 bits per heavy atom. The molecule has 1 aromatic carbocycles. The van der Waals surface area contributed by atoms with Gasteiger partial charge in [0, 0.05) is 0 Å². The van der Waals surface area contributed by atoms with Crippen molar-refractivity contribution in [3.05, 3.63) is 35.9 Å². The normalized spacial score (nSPS) is 15.3. The molecule has 1 aromatic rings. The monoisotopic (exact) mass is 330 g/mol. The molecule has 1 amide bonds. The van der Waals surface area contributed by atoms with Gasteiger partial charge in [-0.15, -0.1) is 0 Å². The zero-order valence-corrected chi connectivity index (χ0v) is 11.8. The molecule has 9 N–H and O–H groups in total. The minimum atomic E-state index is -2.27. The Balaban J connectivity index is 0.000000438. The molecule has 128 valence electrons. The number of carbonyl (C=O) groups is 3. The van der Waals surface area contributed by atoms with E-state index in [9.17, 15) is 19.5 Å². The summed E-state index contributed by atoms with van der Waals surface area (Å²) in [4.78, 5) is 30.1. The van der Waals surface area contributed by atoms with Gasteiger partial charge in [-0.05, 0) is 5.56 Å². The highest BCUT2D eigenvalue weighted by atomic mass is 16.4. The molecule has 0 aliphatic rings. The van der Waals surface area contributed by atoms with Crippen LogP contribution in [0.4, 0.5) is 0 Å². The van der Waals surface area contributed by atoms with Gasteiger partial charge in [-0.3, -0.25) is 4.79 Å². The largest absolute Gasteiger partial charge is 0.479 e. The van der Waals surface area contributed by atoms with E-state index >= 15 is 0 Å². The lowest BCUT2D eigenvalue weighted by Crippen LogP contribution is -2.39. The highest BCUT2D eigenvalue weighted by Crippen LogP contribution is 2.12. The number of amides is 1. The van der Waals surface area contributed by atoms with Crippen LogP contribution in [-0.2, 0) is 14.4 Å². The Hall–Kier alpha value is -2.53. The van der Waals surface area contributed by atoms with E-state index in [2.05, 4.69) is 0 Å². The highest BCUT2D eigenvalue weighted by molar-refractivity contribution is 5.83. The number of carboxylic acids is 2. The molecule has 0 unspecified atom stereocenters. The Kier molecular flexibility index (Phi) is 8.44. The van der Waals surface area contributed by atoms with Gasteiger partial charge in [-0.1, -0.05) is 30.3 Å². The van der Waals surface area contributed by atoms with Crippen molar-refractivity contribution < 1.29 is 39.9 Å². The van der Waals surface area contributed by atoms with Gasteiger partial charge in [0.25, 0.3) is 0 Å². The number of rotatable bonds is 6. The molecule has 0 aliphatic carbocycles. The molecule has 4 atom stereocenters. The highest BCUT2D eigenvalue weighted by Gasteiger charge is 2.29. The summed E-state index contributed by atoms with van der Waals surface area (Å²) in [6.45, 7) is 0. The van der Waals surface area contributed by atoms with Gasteiger partial charge in [-0.2, -0.15) is 0 Å². The number of hydrogen-bond acceptors (Lipinski definition) is 7. The van der Waals surface area contributed by atoms with E-state index in [1.165, 1.54) is 0 Å². The predicted molar refractivity (Wildman–Crippen MR) is 75.9 cm³/mol. The number of carboxylic acid groups (broad SMARTS) is 2. The Morgan fingerprint density at radius 3 is 1.52 bits per heavy atom. The van der Waals surface area contributed by atoms with Gasteiger partial charge in [-0.25, -0.2) is 9.59 Å². The van der Waals surface area contributed by atoms with E-state index in [0.29, 0.717) is 5.56 Å². The Morgan fingerprint density at radius 2 is 1.22 bits per heavy atom. The van der Waals surface area contributed by atoms with Crippen molar-refractivity contribution in [2.24, 2.45) is 11.5 Å². The van der Waals surface area contributed by atoms with Gasteiger partial charge < -0.3 is 37.0 Å². The molecule has 0 aromatic heterocycles. The lowest BCUT2D eigenvalue weighted by Gasteiger charge is -2.15. The van der Waals surface area contributed by atoms with E-state index < -0.39 is 42.2 Å². The third kappa shape index (κ3) is 6.84. The number of carbonyl (C=O) groups excluding carboxylic acids is 1. The van der Waals surface area contributed by atoms with Gasteiger partial charge in [0.1, 0.15) is 0 Å². The molecule has 23 heavy (non-hydrogen) atoms. The summed E-state index contributed by atoms with van der Waals surface area (Å²) in [7, 11) is 0. The number of aliphatic carboxylic acids is 2. The number of primary amides is 1. The maximum atomic E-state index is 10.6. The van der Waals surface area contributed by atoms with Crippen molar-refractivity contribution in [3.63, 3.8) is 0 Å². The second-order valence-electron chi connectivity index (χ2n) is 4.35. The van der Waals surface area contributed by atoms with Gasteiger partial charge >= 0.3 is 11.9 Å². The fraction of sp³-hybridized carbons (Fsp3) is 0.308. The first kappa shape index (κ1) is 20.5. The summed E-state index contributed by atoms with van der Waals surface area (Å²) in [6.07, 6.45) is -5.86. The molecule has 1 rings (SSSR count). The minimum Gasteiger partial charge on any atom is -0.479 e. The van der Waals surface area contributed by atoms with Crippen LogP contribution in [0.2, 0.25) is 0 Å². The third-order valence-electron chi connectivity index (χ3n) is 2.62. The SMILES string of the molecule is NC(=O)[C@H](O)[C@@H](N)c1ccccc1.O=C(O)[C@@H](O)[C@H](O)C(=O)O. The van der Waals surface area contributed by atoms with E-state index in [1.54, 1.807) is 24.3 Å². The van der Waals surface area contributed by atoms with E-state index in [-0.39, 0.29) is 0 Å². The molecule has 0 aliphatic heterocycles. The van der Waals surface area contributed by atoms with Gasteiger partial charge in [0.15, 0.2) is 18.3 Å². The number of aliphatic hydroxyl groups is 3. The van der Waals surface area contributed by atoms with E-state index in [4.69, 9.17) is 31.9 Å². The second-order valence-corrected chi connectivity index (χ2v) is 4.35. The molecule has 10 nitrogen and oxygen atoms in total. The molecule has 0 radical (unpaired) electrons. The van der Waals surface area contributed by atoms with Crippen molar-refractivity contribution in [1.29, 1.82) is 0 Å².